The summed E-state index contributed by atoms with van der Waals surface area (Å²) in [6.45, 7) is 5.16. The monoisotopic (exact) mass is 190 g/mol. The highest BCUT2D eigenvalue weighted by Crippen LogP contribution is 2.32. The molecule has 0 bridgehead atoms. The van der Waals surface area contributed by atoms with E-state index in [9.17, 15) is 0 Å². The minimum absolute atomic E-state index is 0.0781. The van der Waals surface area contributed by atoms with Crippen LogP contribution in [0.3, 0.4) is 0 Å². The smallest absolute Gasteiger partial charge is 0.0400 e. The molecule has 2 nitrogen and oxygen atoms in total. The Kier molecular flexibility index (Phi) is 2.23. The van der Waals surface area contributed by atoms with E-state index >= 15 is 0 Å². The predicted octanol–water partition coefficient (Wildman–Crippen LogP) is 2.21. The van der Waals surface area contributed by atoms with Crippen molar-refractivity contribution in [3.63, 3.8) is 0 Å². The summed E-state index contributed by atoms with van der Waals surface area (Å²) < 4.78 is 0. The zero-order valence-electron chi connectivity index (χ0n) is 8.93. The Morgan fingerprint density at radius 1 is 1.29 bits per heavy atom. The maximum absolute atomic E-state index is 6.03. The van der Waals surface area contributed by atoms with Crippen LogP contribution in [0.1, 0.15) is 24.0 Å². The van der Waals surface area contributed by atoms with Crippen LogP contribution in [-0.2, 0) is 0 Å². The summed E-state index contributed by atoms with van der Waals surface area (Å²) in [5.41, 5.74) is 9.96. The summed E-state index contributed by atoms with van der Waals surface area (Å²) in [7, 11) is 0. The van der Waals surface area contributed by atoms with E-state index in [4.69, 9.17) is 5.73 Å². The van der Waals surface area contributed by atoms with Gasteiger partial charge in [-0.3, -0.25) is 0 Å². The molecule has 3 N–H and O–H groups in total. The minimum atomic E-state index is 0.0781. The molecule has 0 saturated heterocycles. The zero-order valence-corrected chi connectivity index (χ0v) is 8.93. The summed E-state index contributed by atoms with van der Waals surface area (Å²) in [5.74, 6) is 0. The van der Waals surface area contributed by atoms with Crippen LogP contribution in [0.2, 0.25) is 0 Å². The highest BCUT2D eigenvalue weighted by molar-refractivity contribution is 5.56. The van der Waals surface area contributed by atoms with E-state index in [-0.39, 0.29) is 5.54 Å². The first-order valence-electron chi connectivity index (χ1n) is 5.20. The molecule has 1 fully saturated rings. The summed E-state index contributed by atoms with van der Waals surface area (Å²) in [6.07, 6.45) is 2.32. The lowest BCUT2D eigenvalue weighted by molar-refractivity contribution is 0.713. The number of hydrogen-bond donors (Lipinski definition) is 2. The lowest BCUT2D eigenvalue weighted by Gasteiger charge is -2.15. The second kappa shape index (κ2) is 3.28. The molecule has 0 aliphatic heterocycles. The Morgan fingerprint density at radius 2 is 1.86 bits per heavy atom. The van der Waals surface area contributed by atoms with Gasteiger partial charge in [-0.25, -0.2) is 0 Å². The quantitative estimate of drug-likeness (QED) is 0.767. The predicted molar refractivity (Wildman–Crippen MR) is 60.6 cm³/mol. The molecule has 1 aromatic carbocycles. The van der Waals surface area contributed by atoms with Crippen molar-refractivity contribution >= 4 is 5.69 Å². The third-order valence-corrected chi connectivity index (χ3v) is 2.99. The van der Waals surface area contributed by atoms with Gasteiger partial charge >= 0.3 is 0 Å². The number of para-hydroxylation sites is 1. The van der Waals surface area contributed by atoms with Gasteiger partial charge in [0.25, 0.3) is 0 Å². The topological polar surface area (TPSA) is 38.0 Å². The molecule has 0 spiro atoms. The normalized spacial score (nSPS) is 17.9. The van der Waals surface area contributed by atoms with E-state index in [2.05, 4.69) is 37.4 Å². The average Bonchev–Trinajstić information content (AvgIpc) is 2.83. The maximum atomic E-state index is 6.03. The van der Waals surface area contributed by atoms with Gasteiger partial charge in [-0.15, -0.1) is 0 Å². The Hall–Kier alpha value is -1.02. The largest absolute Gasteiger partial charge is 0.383 e. The van der Waals surface area contributed by atoms with Crippen LogP contribution < -0.4 is 11.1 Å². The molecule has 1 saturated carbocycles. The molecule has 2 rings (SSSR count). The van der Waals surface area contributed by atoms with Crippen molar-refractivity contribution in [3.05, 3.63) is 29.3 Å². The Morgan fingerprint density at radius 3 is 2.36 bits per heavy atom. The number of rotatable bonds is 3. The van der Waals surface area contributed by atoms with Gasteiger partial charge in [0.2, 0.25) is 0 Å². The van der Waals surface area contributed by atoms with Crippen molar-refractivity contribution in [2.24, 2.45) is 5.73 Å². The molecular weight excluding hydrogens is 172 g/mol. The van der Waals surface area contributed by atoms with Gasteiger partial charge in [0.05, 0.1) is 0 Å². The molecule has 0 aromatic heterocycles. The molecule has 1 aliphatic rings. The summed E-state index contributed by atoms with van der Waals surface area (Å²) in [5, 5.41) is 3.46. The first-order valence-corrected chi connectivity index (χ1v) is 5.20. The SMILES string of the molecule is Cc1cccc(C)c1NCC1(N)CC1. The van der Waals surface area contributed by atoms with Crippen LogP contribution in [0.15, 0.2) is 18.2 Å². The standard InChI is InChI=1S/C12H18N2/c1-9-4-3-5-10(2)11(9)14-8-12(13)6-7-12/h3-5,14H,6-8,13H2,1-2H3. The van der Waals surface area contributed by atoms with E-state index in [1.807, 2.05) is 0 Å². The Bertz CT molecular complexity index is 320. The van der Waals surface area contributed by atoms with Gasteiger partial charge in [-0.05, 0) is 37.8 Å². The molecule has 0 unspecified atom stereocenters. The van der Waals surface area contributed by atoms with E-state index in [1.165, 1.54) is 16.8 Å². The molecule has 0 atom stereocenters. The van der Waals surface area contributed by atoms with Crippen molar-refractivity contribution in [3.8, 4) is 0 Å². The molecule has 1 aliphatic carbocycles. The van der Waals surface area contributed by atoms with Crippen LogP contribution in [0.5, 0.6) is 0 Å². The molecular formula is C12H18N2. The molecule has 0 radical (unpaired) electrons. The number of anilines is 1. The van der Waals surface area contributed by atoms with E-state index in [0.717, 1.165) is 19.4 Å². The highest BCUT2D eigenvalue weighted by Gasteiger charge is 2.37. The number of nitrogens with two attached hydrogens (primary N) is 1. The van der Waals surface area contributed by atoms with Crippen LogP contribution >= 0.6 is 0 Å². The van der Waals surface area contributed by atoms with Crippen molar-refractivity contribution < 1.29 is 0 Å². The third kappa shape index (κ3) is 1.90. The number of hydrogen-bond acceptors (Lipinski definition) is 2. The molecule has 14 heavy (non-hydrogen) atoms. The average molecular weight is 190 g/mol. The first kappa shape index (κ1) is 9.53. The van der Waals surface area contributed by atoms with Crippen LogP contribution in [0.25, 0.3) is 0 Å². The van der Waals surface area contributed by atoms with Gasteiger partial charge in [0, 0.05) is 17.8 Å². The van der Waals surface area contributed by atoms with E-state index in [0.29, 0.717) is 0 Å². The van der Waals surface area contributed by atoms with Gasteiger partial charge in [-0.1, -0.05) is 18.2 Å². The fourth-order valence-electron chi connectivity index (χ4n) is 1.70. The van der Waals surface area contributed by atoms with Gasteiger partial charge in [0.15, 0.2) is 0 Å². The fourth-order valence-corrected chi connectivity index (χ4v) is 1.70. The van der Waals surface area contributed by atoms with E-state index in [1.54, 1.807) is 0 Å². The minimum Gasteiger partial charge on any atom is -0.383 e. The summed E-state index contributed by atoms with van der Waals surface area (Å²) in [6, 6.07) is 6.35. The summed E-state index contributed by atoms with van der Waals surface area (Å²) >= 11 is 0. The second-order valence-corrected chi connectivity index (χ2v) is 4.48. The molecule has 1 aromatic rings. The highest BCUT2D eigenvalue weighted by atomic mass is 15.0. The number of aryl methyl sites for hydroxylation is 2. The van der Waals surface area contributed by atoms with Crippen molar-refractivity contribution in [1.82, 2.24) is 0 Å². The van der Waals surface area contributed by atoms with Gasteiger partial charge in [-0.2, -0.15) is 0 Å². The third-order valence-electron chi connectivity index (χ3n) is 2.99. The Balaban J connectivity index is 2.08. The fraction of sp³-hybridized carbons (Fsp3) is 0.500. The second-order valence-electron chi connectivity index (χ2n) is 4.48. The first-order chi connectivity index (χ1) is 6.61. The van der Waals surface area contributed by atoms with Crippen LogP contribution in [0.4, 0.5) is 5.69 Å². The molecule has 2 heteroatoms. The van der Waals surface area contributed by atoms with Crippen LogP contribution in [-0.4, -0.2) is 12.1 Å². The van der Waals surface area contributed by atoms with Gasteiger partial charge < -0.3 is 11.1 Å². The molecule has 76 valence electrons. The van der Waals surface area contributed by atoms with Crippen molar-refractivity contribution in [2.75, 3.05) is 11.9 Å². The van der Waals surface area contributed by atoms with E-state index < -0.39 is 0 Å². The van der Waals surface area contributed by atoms with Crippen LogP contribution in [0, 0.1) is 13.8 Å². The molecule has 0 amide bonds. The van der Waals surface area contributed by atoms with Crippen molar-refractivity contribution in [2.45, 2.75) is 32.2 Å². The zero-order chi connectivity index (χ0) is 10.2. The van der Waals surface area contributed by atoms with Crippen molar-refractivity contribution in [1.29, 1.82) is 0 Å². The number of nitrogens with one attached hydrogen (secondary N) is 1. The lowest BCUT2D eigenvalue weighted by atomic mass is 10.1. The molecule has 0 heterocycles. The summed E-state index contributed by atoms with van der Waals surface area (Å²) in [4.78, 5) is 0. The number of benzene rings is 1. The maximum Gasteiger partial charge on any atom is 0.0400 e. The Labute approximate surface area is 85.5 Å². The van der Waals surface area contributed by atoms with Gasteiger partial charge in [0.1, 0.15) is 0 Å². The lowest BCUT2D eigenvalue weighted by Crippen LogP contribution is -2.31.